The number of hydrogen-bond donors (Lipinski definition) is 1. The first kappa shape index (κ1) is 12.7. The van der Waals surface area contributed by atoms with E-state index < -0.39 is 0 Å². The monoisotopic (exact) mass is 271 g/mol. The molecule has 1 aromatic heterocycles. The number of fused-ring (bicyclic) bond motifs is 1. The molecule has 2 aromatic rings. The Balaban J connectivity index is 1.97. The molecule has 104 valence electrons. The Hall–Kier alpha value is -2.30. The highest BCUT2D eigenvalue weighted by Crippen LogP contribution is 2.31. The lowest BCUT2D eigenvalue weighted by molar-refractivity contribution is 0.0527. The summed E-state index contributed by atoms with van der Waals surface area (Å²) in [5, 5.41) is 7.62. The minimum atomic E-state index is -0.324. The second-order valence-electron chi connectivity index (χ2n) is 4.71. The number of ether oxygens (including phenoxy) is 1. The Morgan fingerprint density at radius 1 is 1.45 bits per heavy atom. The van der Waals surface area contributed by atoms with Crippen LogP contribution in [0.25, 0.3) is 0 Å². The summed E-state index contributed by atoms with van der Waals surface area (Å²) in [6.07, 6.45) is 2.53. The molecule has 0 saturated heterocycles. The van der Waals surface area contributed by atoms with Crippen LogP contribution in [0.3, 0.4) is 0 Å². The molecule has 1 atom stereocenters. The Bertz CT molecular complexity index is 607. The quantitative estimate of drug-likeness (QED) is 0.871. The van der Waals surface area contributed by atoms with Crippen LogP contribution >= 0.6 is 0 Å². The summed E-state index contributed by atoms with van der Waals surface area (Å²) in [7, 11) is 0. The van der Waals surface area contributed by atoms with Gasteiger partial charge in [-0.2, -0.15) is 5.10 Å². The van der Waals surface area contributed by atoms with Crippen molar-refractivity contribution in [3.8, 4) is 0 Å². The van der Waals surface area contributed by atoms with Crippen LogP contribution < -0.4 is 5.32 Å². The molecule has 0 spiro atoms. The van der Waals surface area contributed by atoms with Gasteiger partial charge in [0.05, 0.1) is 18.8 Å². The lowest BCUT2D eigenvalue weighted by atomic mass is 10.0. The van der Waals surface area contributed by atoms with Crippen molar-refractivity contribution in [1.29, 1.82) is 0 Å². The largest absolute Gasteiger partial charge is 0.462 e. The van der Waals surface area contributed by atoms with Gasteiger partial charge in [0, 0.05) is 6.54 Å². The van der Waals surface area contributed by atoms with E-state index in [0.717, 1.165) is 18.8 Å². The van der Waals surface area contributed by atoms with Crippen molar-refractivity contribution in [3.05, 3.63) is 47.7 Å². The Morgan fingerprint density at radius 3 is 3.00 bits per heavy atom. The fourth-order valence-electron chi connectivity index (χ4n) is 2.57. The van der Waals surface area contributed by atoms with Crippen LogP contribution in [0.4, 0.5) is 5.82 Å². The van der Waals surface area contributed by atoms with Crippen molar-refractivity contribution >= 4 is 11.8 Å². The van der Waals surface area contributed by atoms with Gasteiger partial charge < -0.3 is 10.1 Å². The highest BCUT2D eigenvalue weighted by Gasteiger charge is 2.27. The topological polar surface area (TPSA) is 56.1 Å². The third-order valence-corrected chi connectivity index (χ3v) is 3.48. The van der Waals surface area contributed by atoms with Crippen molar-refractivity contribution in [2.45, 2.75) is 19.4 Å². The van der Waals surface area contributed by atoms with E-state index in [1.54, 1.807) is 13.1 Å². The number of nitrogens with one attached hydrogen (secondary N) is 1. The number of esters is 1. The molecule has 1 aliphatic heterocycles. The summed E-state index contributed by atoms with van der Waals surface area (Å²) in [5.41, 5.74) is 1.71. The molecule has 5 heteroatoms. The maximum Gasteiger partial charge on any atom is 0.343 e. The number of hydrogen-bond acceptors (Lipinski definition) is 4. The molecule has 3 rings (SSSR count). The van der Waals surface area contributed by atoms with Crippen LogP contribution in [-0.4, -0.2) is 28.9 Å². The number of aromatic nitrogens is 2. The molecular weight excluding hydrogens is 254 g/mol. The Morgan fingerprint density at radius 2 is 2.25 bits per heavy atom. The SMILES string of the molecule is CCOC(=O)c1cnn2c1NCCC2c1ccccc1. The smallest absolute Gasteiger partial charge is 0.343 e. The fraction of sp³-hybridized carbons (Fsp3) is 0.333. The van der Waals surface area contributed by atoms with E-state index in [0.29, 0.717) is 12.2 Å². The molecule has 1 unspecified atom stereocenters. The van der Waals surface area contributed by atoms with Crippen LogP contribution in [0.2, 0.25) is 0 Å². The standard InChI is InChI=1S/C15H17N3O2/c1-2-20-15(19)12-10-17-18-13(8-9-16-14(12)18)11-6-4-3-5-7-11/h3-7,10,13,16H,2,8-9H2,1H3. The van der Waals surface area contributed by atoms with Crippen molar-refractivity contribution in [2.75, 3.05) is 18.5 Å². The zero-order valence-electron chi connectivity index (χ0n) is 11.4. The van der Waals surface area contributed by atoms with Gasteiger partial charge in [0.1, 0.15) is 11.4 Å². The number of benzene rings is 1. The molecule has 5 nitrogen and oxygen atoms in total. The lowest BCUT2D eigenvalue weighted by Crippen LogP contribution is -2.25. The van der Waals surface area contributed by atoms with E-state index in [2.05, 4.69) is 22.5 Å². The maximum absolute atomic E-state index is 11.9. The zero-order valence-corrected chi connectivity index (χ0v) is 11.4. The molecular formula is C15H17N3O2. The predicted molar refractivity (Wildman–Crippen MR) is 75.9 cm³/mol. The zero-order chi connectivity index (χ0) is 13.9. The highest BCUT2D eigenvalue weighted by molar-refractivity contribution is 5.94. The van der Waals surface area contributed by atoms with Gasteiger partial charge in [0.2, 0.25) is 0 Å². The van der Waals surface area contributed by atoms with Crippen molar-refractivity contribution < 1.29 is 9.53 Å². The molecule has 1 N–H and O–H groups in total. The molecule has 0 saturated carbocycles. The summed E-state index contributed by atoms with van der Waals surface area (Å²) >= 11 is 0. The molecule has 1 aromatic carbocycles. The molecule has 0 aliphatic carbocycles. The van der Waals surface area contributed by atoms with Gasteiger partial charge >= 0.3 is 5.97 Å². The third-order valence-electron chi connectivity index (χ3n) is 3.48. The molecule has 1 aliphatic rings. The first-order chi connectivity index (χ1) is 9.81. The lowest BCUT2D eigenvalue weighted by Gasteiger charge is -2.26. The molecule has 0 fully saturated rings. The Kier molecular flexibility index (Phi) is 3.41. The fourth-order valence-corrected chi connectivity index (χ4v) is 2.57. The van der Waals surface area contributed by atoms with Gasteiger partial charge in [-0.25, -0.2) is 9.48 Å². The molecule has 0 radical (unpaired) electrons. The molecule has 2 heterocycles. The second-order valence-corrected chi connectivity index (χ2v) is 4.71. The first-order valence-corrected chi connectivity index (χ1v) is 6.84. The van der Waals surface area contributed by atoms with E-state index in [9.17, 15) is 4.79 Å². The van der Waals surface area contributed by atoms with Gasteiger partial charge in [0.25, 0.3) is 0 Å². The predicted octanol–water partition coefficient (Wildman–Crippen LogP) is 2.46. The minimum Gasteiger partial charge on any atom is -0.462 e. The van der Waals surface area contributed by atoms with Gasteiger partial charge in [-0.1, -0.05) is 30.3 Å². The average molecular weight is 271 g/mol. The number of carbonyl (C=O) groups is 1. The molecule has 0 amide bonds. The van der Waals surface area contributed by atoms with Crippen LogP contribution in [0.15, 0.2) is 36.5 Å². The van der Waals surface area contributed by atoms with Gasteiger partial charge in [-0.3, -0.25) is 0 Å². The molecule has 0 bridgehead atoms. The highest BCUT2D eigenvalue weighted by atomic mass is 16.5. The third kappa shape index (κ3) is 2.15. The molecule has 20 heavy (non-hydrogen) atoms. The number of nitrogens with zero attached hydrogens (tertiary/aromatic N) is 2. The summed E-state index contributed by atoms with van der Waals surface area (Å²) in [4.78, 5) is 11.9. The number of carbonyl (C=O) groups excluding carboxylic acids is 1. The Labute approximate surface area is 117 Å². The van der Waals surface area contributed by atoms with Crippen LogP contribution in [-0.2, 0) is 4.74 Å². The van der Waals surface area contributed by atoms with Gasteiger partial charge in [-0.05, 0) is 18.9 Å². The summed E-state index contributed by atoms with van der Waals surface area (Å²) in [6.45, 7) is 2.98. The van der Waals surface area contributed by atoms with Crippen LogP contribution in [0.1, 0.15) is 35.3 Å². The second kappa shape index (κ2) is 5.36. The van der Waals surface area contributed by atoms with Gasteiger partial charge in [0.15, 0.2) is 0 Å². The van der Waals surface area contributed by atoms with Crippen molar-refractivity contribution in [2.24, 2.45) is 0 Å². The normalized spacial score (nSPS) is 17.1. The van der Waals surface area contributed by atoms with Crippen molar-refractivity contribution in [3.63, 3.8) is 0 Å². The summed E-state index contributed by atoms with van der Waals surface area (Å²) in [5.74, 6) is 0.429. The minimum absolute atomic E-state index is 0.163. The average Bonchev–Trinajstić information content (AvgIpc) is 2.92. The van der Waals surface area contributed by atoms with E-state index in [4.69, 9.17) is 4.74 Å². The van der Waals surface area contributed by atoms with Crippen molar-refractivity contribution in [1.82, 2.24) is 9.78 Å². The number of rotatable bonds is 3. The maximum atomic E-state index is 11.9. The van der Waals surface area contributed by atoms with E-state index >= 15 is 0 Å². The van der Waals surface area contributed by atoms with E-state index in [-0.39, 0.29) is 12.0 Å². The van der Waals surface area contributed by atoms with Crippen LogP contribution in [0, 0.1) is 0 Å². The van der Waals surface area contributed by atoms with Gasteiger partial charge in [-0.15, -0.1) is 0 Å². The van der Waals surface area contributed by atoms with E-state index in [1.165, 1.54) is 5.56 Å². The summed E-state index contributed by atoms with van der Waals surface area (Å²) < 4.78 is 6.94. The number of anilines is 1. The summed E-state index contributed by atoms with van der Waals surface area (Å²) in [6, 6.07) is 10.4. The first-order valence-electron chi connectivity index (χ1n) is 6.84. The van der Waals surface area contributed by atoms with Crippen LogP contribution in [0.5, 0.6) is 0 Å². The van der Waals surface area contributed by atoms with E-state index in [1.807, 2.05) is 22.9 Å².